The molecule has 0 aromatic heterocycles. The van der Waals surface area contributed by atoms with E-state index in [0.29, 0.717) is 33.0 Å². The fourth-order valence-electron chi connectivity index (χ4n) is 1.61. The first kappa shape index (κ1) is 17.9. The number of esters is 1. The Bertz CT molecular complexity index is 257. The van der Waals surface area contributed by atoms with Gasteiger partial charge in [-0.3, -0.25) is 4.79 Å². The predicted molar refractivity (Wildman–Crippen MR) is 74.7 cm³/mol. The summed E-state index contributed by atoms with van der Waals surface area (Å²) < 4.78 is 15.5. The van der Waals surface area contributed by atoms with Crippen molar-refractivity contribution in [2.75, 3.05) is 33.0 Å². The minimum Gasteiger partial charge on any atom is -0.463 e. The quantitative estimate of drug-likeness (QED) is 0.310. The normalized spacial score (nSPS) is 11.8. The van der Waals surface area contributed by atoms with Crippen molar-refractivity contribution in [1.29, 1.82) is 0 Å². The number of terminal acetylenes is 1. The van der Waals surface area contributed by atoms with Gasteiger partial charge in [0.25, 0.3) is 0 Å². The van der Waals surface area contributed by atoms with Crippen LogP contribution in [0.2, 0.25) is 0 Å². The van der Waals surface area contributed by atoms with Crippen LogP contribution in [0, 0.1) is 18.3 Å². The van der Waals surface area contributed by atoms with Crippen molar-refractivity contribution in [3.8, 4) is 12.3 Å². The van der Waals surface area contributed by atoms with Gasteiger partial charge in [0.15, 0.2) is 0 Å². The minimum atomic E-state index is -0.108. The molecule has 0 amide bonds. The number of carbonyl (C=O) groups excluding carboxylic acids is 1. The number of unbranched alkanes of at least 4 members (excludes halogenated alkanes) is 1. The predicted octanol–water partition coefficient (Wildman–Crippen LogP) is 2.41. The van der Waals surface area contributed by atoms with Crippen molar-refractivity contribution in [3.63, 3.8) is 0 Å². The molecule has 0 aromatic carbocycles. The maximum atomic E-state index is 11.7. The monoisotopic (exact) mass is 270 g/mol. The summed E-state index contributed by atoms with van der Waals surface area (Å²) in [7, 11) is 0. The Kier molecular flexibility index (Phi) is 12.6. The van der Waals surface area contributed by atoms with Crippen molar-refractivity contribution in [2.45, 2.75) is 39.5 Å². The second kappa shape index (κ2) is 13.4. The van der Waals surface area contributed by atoms with Crippen LogP contribution in [-0.4, -0.2) is 39.0 Å². The van der Waals surface area contributed by atoms with E-state index in [1.54, 1.807) is 0 Å². The zero-order chi connectivity index (χ0) is 14.3. The summed E-state index contributed by atoms with van der Waals surface area (Å²) in [5.41, 5.74) is 0. The topological polar surface area (TPSA) is 44.8 Å². The molecule has 0 saturated carbocycles. The van der Waals surface area contributed by atoms with Crippen LogP contribution in [0.5, 0.6) is 0 Å². The van der Waals surface area contributed by atoms with Gasteiger partial charge in [-0.15, -0.1) is 6.42 Å². The van der Waals surface area contributed by atoms with E-state index >= 15 is 0 Å². The molecule has 110 valence electrons. The third-order valence-corrected chi connectivity index (χ3v) is 2.76. The Morgan fingerprint density at radius 1 is 1.16 bits per heavy atom. The smallest absolute Gasteiger partial charge is 0.308 e. The van der Waals surface area contributed by atoms with Gasteiger partial charge in [0.2, 0.25) is 0 Å². The summed E-state index contributed by atoms with van der Waals surface area (Å²) in [6.45, 7) is 6.06. The summed E-state index contributed by atoms with van der Waals surface area (Å²) in [5, 5.41) is 0. The molecule has 0 radical (unpaired) electrons. The molecule has 0 rings (SSSR count). The van der Waals surface area contributed by atoms with E-state index in [1.807, 2.05) is 6.92 Å². The van der Waals surface area contributed by atoms with Crippen LogP contribution in [-0.2, 0) is 19.0 Å². The Morgan fingerprint density at radius 2 is 1.84 bits per heavy atom. The molecule has 0 aliphatic heterocycles. The van der Waals surface area contributed by atoms with Gasteiger partial charge in [0, 0.05) is 0 Å². The van der Waals surface area contributed by atoms with Crippen molar-refractivity contribution < 1.29 is 19.0 Å². The highest BCUT2D eigenvalue weighted by Crippen LogP contribution is 2.14. The molecule has 0 spiro atoms. The van der Waals surface area contributed by atoms with E-state index in [9.17, 15) is 4.79 Å². The van der Waals surface area contributed by atoms with Crippen LogP contribution >= 0.6 is 0 Å². The second-order valence-corrected chi connectivity index (χ2v) is 4.28. The molecular formula is C15H26O4. The summed E-state index contributed by atoms with van der Waals surface area (Å²) in [6.07, 6.45) is 8.94. The highest BCUT2D eigenvalue weighted by atomic mass is 16.6. The van der Waals surface area contributed by atoms with E-state index in [4.69, 9.17) is 20.6 Å². The highest BCUT2D eigenvalue weighted by Gasteiger charge is 2.16. The van der Waals surface area contributed by atoms with Crippen LogP contribution in [0.4, 0.5) is 0 Å². The third-order valence-electron chi connectivity index (χ3n) is 2.76. The summed E-state index contributed by atoms with van der Waals surface area (Å²) >= 11 is 0. The lowest BCUT2D eigenvalue weighted by atomic mass is 10.00. The Hall–Kier alpha value is -1.05. The molecule has 0 aromatic rings. The molecule has 0 aliphatic rings. The summed E-state index contributed by atoms with van der Waals surface area (Å²) in [5.74, 6) is 2.29. The second-order valence-electron chi connectivity index (χ2n) is 4.28. The van der Waals surface area contributed by atoms with Crippen molar-refractivity contribution in [2.24, 2.45) is 5.92 Å². The zero-order valence-electron chi connectivity index (χ0n) is 12.2. The lowest BCUT2D eigenvalue weighted by molar-refractivity contribution is -0.150. The van der Waals surface area contributed by atoms with E-state index in [0.717, 1.165) is 25.7 Å². The Balaban J connectivity index is 3.48. The largest absolute Gasteiger partial charge is 0.463 e. The molecule has 1 atom stereocenters. The van der Waals surface area contributed by atoms with Crippen LogP contribution in [0.1, 0.15) is 39.5 Å². The summed E-state index contributed by atoms with van der Waals surface area (Å²) in [4.78, 5) is 11.7. The van der Waals surface area contributed by atoms with Gasteiger partial charge in [-0.1, -0.05) is 32.6 Å². The molecular weight excluding hydrogens is 244 g/mol. The number of hydrogen-bond acceptors (Lipinski definition) is 4. The van der Waals surface area contributed by atoms with Gasteiger partial charge < -0.3 is 14.2 Å². The fraction of sp³-hybridized carbons (Fsp3) is 0.800. The van der Waals surface area contributed by atoms with Gasteiger partial charge >= 0.3 is 5.97 Å². The molecule has 0 saturated heterocycles. The first-order chi connectivity index (χ1) is 9.26. The maximum Gasteiger partial charge on any atom is 0.308 e. The molecule has 4 heteroatoms. The number of rotatable bonds is 12. The zero-order valence-corrected chi connectivity index (χ0v) is 12.2. The number of ether oxygens (including phenoxy) is 3. The van der Waals surface area contributed by atoms with E-state index in [2.05, 4.69) is 12.8 Å². The standard InChI is InChI=1S/C15H26O4/c1-4-7-8-14(6-3)15(16)19-13-12-18-11-10-17-9-5-2/h2,14H,4,6-13H2,1,3H3. The Morgan fingerprint density at radius 3 is 2.47 bits per heavy atom. The highest BCUT2D eigenvalue weighted by molar-refractivity contribution is 5.72. The molecule has 4 nitrogen and oxygen atoms in total. The first-order valence-electron chi connectivity index (χ1n) is 7.01. The van der Waals surface area contributed by atoms with Crippen LogP contribution in [0.3, 0.4) is 0 Å². The average molecular weight is 270 g/mol. The van der Waals surface area contributed by atoms with Gasteiger partial charge in [-0.2, -0.15) is 0 Å². The lowest BCUT2D eigenvalue weighted by Gasteiger charge is -2.13. The van der Waals surface area contributed by atoms with Crippen molar-refractivity contribution in [3.05, 3.63) is 0 Å². The average Bonchev–Trinajstić information content (AvgIpc) is 2.42. The SMILES string of the molecule is C#CCOCCOCCOC(=O)C(CC)CCCC. The van der Waals surface area contributed by atoms with E-state index in [-0.39, 0.29) is 11.9 Å². The van der Waals surface area contributed by atoms with Crippen molar-refractivity contribution in [1.82, 2.24) is 0 Å². The van der Waals surface area contributed by atoms with Crippen LogP contribution in [0.15, 0.2) is 0 Å². The van der Waals surface area contributed by atoms with E-state index < -0.39 is 0 Å². The molecule has 0 fully saturated rings. The third kappa shape index (κ3) is 10.5. The molecule has 0 N–H and O–H groups in total. The molecule has 0 heterocycles. The van der Waals surface area contributed by atoms with E-state index in [1.165, 1.54) is 0 Å². The first-order valence-corrected chi connectivity index (χ1v) is 7.01. The number of hydrogen-bond donors (Lipinski definition) is 0. The molecule has 1 unspecified atom stereocenters. The Labute approximate surface area is 116 Å². The summed E-state index contributed by atoms with van der Waals surface area (Å²) in [6, 6.07) is 0. The fourth-order valence-corrected chi connectivity index (χ4v) is 1.61. The van der Waals surface area contributed by atoms with Gasteiger partial charge in [0.05, 0.1) is 25.7 Å². The van der Waals surface area contributed by atoms with Crippen LogP contribution in [0.25, 0.3) is 0 Å². The molecule has 0 aliphatic carbocycles. The van der Waals surface area contributed by atoms with Gasteiger partial charge in [0.1, 0.15) is 13.2 Å². The van der Waals surface area contributed by atoms with Crippen LogP contribution < -0.4 is 0 Å². The lowest BCUT2D eigenvalue weighted by Crippen LogP contribution is -2.20. The molecule has 19 heavy (non-hydrogen) atoms. The maximum absolute atomic E-state index is 11.7. The van der Waals surface area contributed by atoms with Gasteiger partial charge in [-0.05, 0) is 12.8 Å². The molecule has 0 bridgehead atoms. The van der Waals surface area contributed by atoms with Crippen molar-refractivity contribution >= 4 is 5.97 Å². The van der Waals surface area contributed by atoms with Gasteiger partial charge in [-0.25, -0.2) is 0 Å². The number of carbonyl (C=O) groups is 1. The minimum absolute atomic E-state index is 0.0268.